The van der Waals surface area contributed by atoms with Crippen LogP contribution in [0.1, 0.15) is 5.56 Å². The van der Waals surface area contributed by atoms with Crippen molar-refractivity contribution in [3.05, 3.63) is 18.0 Å². The van der Waals surface area contributed by atoms with Crippen LogP contribution in [-0.4, -0.2) is 62.7 Å². The fourth-order valence-corrected chi connectivity index (χ4v) is 1.41. The van der Waals surface area contributed by atoms with Gasteiger partial charge in [0.2, 0.25) is 0 Å². The number of carbonyl (C=O) groups is 2. The summed E-state index contributed by atoms with van der Waals surface area (Å²) in [4.78, 5) is 29.1. The van der Waals surface area contributed by atoms with Crippen molar-refractivity contribution < 1.29 is 19.8 Å². The van der Waals surface area contributed by atoms with Crippen LogP contribution in [0.3, 0.4) is 0 Å². The smallest absolute Gasteiger partial charge is 0.324 e. The van der Waals surface area contributed by atoms with Gasteiger partial charge in [0, 0.05) is 18.0 Å². The highest BCUT2D eigenvalue weighted by Crippen LogP contribution is 2.06. The van der Waals surface area contributed by atoms with Gasteiger partial charge in [0.05, 0.1) is 6.21 Å². The van der Waals surface area contributed by atoms with Crippen molar-refractivity contribution >= 4 is 29.9 Å². The highest BCUT2D eigenvalue weighted by atomic mass is 32.2. The van der Waals surface area contributed by atoms with E-state index < -0.39 is 25.0 Å². The van der Waals surface area contributed by atoms with E-state index in [4.69, 9.17) is 10.2 Å². The van der Waals surface area contributed by atoms with Crippen LogP contribution in [-0.2, 0) is 9.59 Å². The molecular weight excluding hydrogens is 272 g/mol. The maximum absolute atomic E-state index is 10.6. The van der Waals surface area contributed by atoms with Crippen LogP contribution in [0.15, 0.2) is 22.7 Å². The molecule has 0 aliphatic carbocycles. The average Bonchev–Trinajstić information content (AvgIpc) is 2.35. The number of hydrogen-bond acceptors (Lipinski definition) is 7. The number of aromatic nitrogens is 2. The number of nitrogens with zero attached hydrogens (tertiary/aromatic N) is 4. The first kappa shape index (κ1) is 14.9. The maximum Gasteiger partial charge on any atom is 0.324 e. The molecule has 0 radical (unpaired) electrons. The molecule has 1 rings (SSSR count). The first-order chi connectivity index (χ1) is 9.01. The Bertz CT molecular complexity index is 461. The van der Waals surface area contributed by atoms with Crippen molar-refractivity contribution in [1.82, 2.24) is 15.0 Å². The number of rotatable bonds is 7. The van der Waals surface area contributed by atoms with E-state index in [-0.39, 0.29) is 0 Å². The first-order valence-electron chi connectivity index (χ1n) is 5.10. The topological polar surface area (TPSA) is 116 Å². The van der Waals surface area contributed by atoms with Gasteiger partial charge in [-0.15, -0.1) is 0 Å². The molecule has 0 saturated heterocycles. The summed E-state index contributed by atoms with van der Waals surface area (Å²) >= 11 is 1.39. The summed E-state index contributed by atoms with van der Waals surface area (Å²) in [7, 11) is 0. The van der Waals surface area contributed by atoms with Gasteiger partial charge in [0.15, 0.2) is 5.16 Å². The largest absolute Gasteiger partial charge is 0.480 e. The second-order valence-electron chi connectivity index (χ2n) is 3.36. The zero-order chi connectivity index (χ0) is 14.3. The number of hydrazone groups is 1. The van der Waals surface area contributed by atoms with Crippen molar-refractivity contribution in [1.29, 1.82) is 0 Å². The molecule has 0 aromatic carbocycles. The van der Waals surface area contributed by atoms with Crippen LogP contribution in [0.4, 0.5) is 0 Å². The van der Waals surface area contributed by atoms with E-state index in [1.54, 1.807) is 0 Å². The van der Waals surface area contributed by atoms with Crippen LogP contribution in [0.5, 0.6) is 0 Å². The van der Waals surface area contributed by atoms with Crippen LogP contribution in [0, 0.1) is 0 Å². The van der Waals surface area contributed by atoms with Crippen LogP contribution >= 0.6 is 11.8 Å². The Hall–Kier alpha value is -2.16. The lowest BCUT2D eigenvalue weighted by atomic mass is 10.4. The molecule has 8 nitrogen and oxygen atoms in total. The summed E-state index contributed by atoms with van der Waals surface area (Å²) in [6, 6.07) is 0. The van der Waals surface area contributed by atoms with Gasteiger partial charge < -0.3 is 10.2 Å². The molecule has 2 N–H and O–H groups in total. The summed E-state index contributed by atoms with van der Waals surface area (Å²) in [5.41, 5.74) is 0.554. The first-order valence-corrected chi connectivity index (χ1v) is 6.32. The van der Waals surface area contributed by atoms with Crippen LogP contribution in [0.25, 0.3) is 0 Å². The van der Waals surface area contributed by atoms with Crippen molar-refractivity contribution in [2.75, 3.05) is 19.3 Å². The lowest BCUT2D eigenvalue weighted by Crippen LogP contribution is -2.30. The van der Waals surface area contributed by atoms with E-state index >= 15 is 0 Å². The van der Waals surface area contributed by atoms with Crippen molar-refractivity contribution in [2.24, 2.45) is 5.10 Å². The van der Waals surface area contributed by atoms with E-state index in [0.717, 1.165) is 5.01 Å². The number of carboxylic acids is 2. The lowest BCUT2D eigenvalue weighted by molar-refractivity contribution is -0.141. The third kappa shape index (κ3) is 5.82. The SMILES string of the molecule is CSc1ncc(/C=N/N(CC(=O)O)CC(=O)O)cn1. The summed E-state index contributed by atoms with van der Waals surface area (Å²) in [5, 5.41) is 22.6. The Balaban J connectivity index is 2.72. The predicted molar refractivity (Wildman–Crippen MR) is 68.3 cm³/mol. The standard InChI is InChI=1S/C10H12N4O4S/c1-19-10-11-2-7(3-12-10)4-13-14(5-8(15)16)6-9(17)18/h2-4H,5-6H2,1H3,(H,15,16)(H,17,18)/b13-4+. The molecule has 19 heavy (non-hydrogen) atoms. The van der Waals surface area contributed by atoms with Gasteiger partial charge in [-0.2, -0.15) is 5.10 Å². The zero-order valence-corrected chi connectivity index (χ0v) is 10.9. The second-order valence-corrected chi connectivity index (χ2v) is 4.13. The highest BCUT2D eigenvalue weighted by Gasteiger charge is 2.10. The highest BCUT2D eigenvalue weighted by molar-refractivity contribution is 7.98. The third-order valence-corrected chi connectivity index (χ3v) is 2.41. The fraction of sp³-hybridized carbons (Fsp3) is 0.300. The minimum atomic E-state index is -1.16. The number of aliphatic carboxylic acids is 2. The van der Waals surface area contributed by atoms with Gasteiger partial charge >= 0.3 is 11.9 Å². The van der Waals surface area contributed by atoms with Gasteiger partial charge in [0.1, 0.15) is 13.1 Å². The summed E-state index contributed by atoms with van der Waals surface area (Å²) < 4.78 is 0. The Morgan fingerprint density at radius 2 is 1.84 bits per heavy atom. The molecule has 0 spiro atoms. The normalized spacial score (nSPS) is 10.6. The molecule has 0 bridgehead atoms. The number of thioether (sulfide) groups is 1. The lowest BCUT2D eigenvalue weighted by Gasteiger charge is -2.13. The summed E-state index contributed by atoms with van der Waals surface area (Å²) in [6.07, 6.45) is 6.19. The molecule has 0 aliphatic rings. The van der Waals surface area contributed by atoms with E-state index in [1.165, 1.54) is 30.4 Å². The molecule has 0 fully saturated rings. The minimum Gasteiger partial charge on any atom is -0.480 e. The van der Waals surface area contributed by atoms with Gasteiger partial charge in [-0.1, -0.05) is 11.8 Å². The van der Waals surface area contributed by atoms with Gasteiger partial charge in [0.25, 0.3) is 0 Å². The third-order valence-electron chi connectivity index (χ3n) is 1.84. The quantitative estimate of drug-likeness (QED) is 0.311. The molecule has 1 aromatic heterocycles. The monoisotopic (exact) mass is 284 g/mol. The summed E-state index contributed by atoms with van der Waals surface area (Å²) in [5.74, 6) is -2.32. The maximum atomic E-state index is 10.6. The minimum absolute atomic E-state index is 0.493. The summed E-state index contributed by atoms with van der Waals surface area (Å²) in [6.45, 7) is -0.987. The predicted octanol–water partition coefficient (Wildman–Crippen LogP) is 0.00360. The zero-order valence-electron chi connectivity index (χ0n) is 10.1. The molecular formula is C10H12N4O4S. The number of carboxylic acid groups (broad SMARTS) is 2. The van der Waals surface area contributed by atoms with E-state index in [1.807, 2.05) is 6.26 Å². The molecule has 0 aliphatic heterocycles. The molecule has 1 heterocycles. The molecule has 9 heteroatoms. The molecule has 0 amide bonds. The average molecular weight is 284 g/mol. The van der Waals surface area contributed by atoms with Crippen molar-refractivity contribution in [2.45, 2.75) is 5.16 Å². The Labute approximate surface area is 113 Å². The van der Waals surface area contributed by atoms with Crippen molar-refractivity contribution in [3.8, 4) is 0 Å². The second kappa shape index (κ2) is 7.31. The van der Waals surface area contributed by atoms with E-state index in [9.17, 15) is 9.59 Å². The van der Waals surface area contributed by atoms with Crippen LogP contribution in [0.2, 0.25) is 0 Å². The Kier molecular flexibility index (Phi) is 5.73. The Morgan fingerprint density at radius 1 is 1.32 bits per heavy atom. The van der Waals surface area contributed by atoms with Crippen molar-refractivity contribution in [3.63, 3.8) is 0 Å². The molecule has 1 aromatic rings. The fourth-order valence-electron chi connectivity index (χ4n) is 1.10. The molecule has 102 valence electrons. The van der Waals surface area contributed by atoms with E-state index in [2.05, 4.69) is 15.1 Å². The van der Waals surface area contributed by atoms with Gasteiger partial charge in [-0.3, -0.25) is 14.6 Å². The molecule has 0 atom stereocenters. The number of hydrogen-bond donors (Lipinski definition) is 2. The van der Waals surface area contributed by atoms with E-state index in [0.29, 0.717) is 10.7 Å². The van der Waals surface area contributed by atoms with Gasteiger partial charge in [-0.05, 0) is 6.26 Å². The molecule has 0 saturated carbocycles. The Morgan fingerprint density at radius 3 is 2.26 bits per heavy atom. The van der Waals surface area contributed by atoms with Gasteiger partial charge in [-0.25, -0.2) is 9.97 Å². The van der Waals surface area contributed by atoms with Crippen LogP contribution < -0.4 is 0 Å². The molecule has 0 unspecified atom stereocenters.